The van der Waals surface area contributed by atoms with Crippen molar-refractivity contribution in [3.8, 4) is 0 Å². The highest BCUT2D eigenvalue weighted by Gasteiger charge is 2.31. The van der Waals surface area contributed by atoms with Crippen LogP contribution in [0, 0.1) is 0 Å². The molecule has 1 aromatic rings. The van der Waals surface area contributed by atoms with Gasteiger partial charge < -0.3 is 5.32 Å². The molecule has 0 saturated heterocycles. The first kappa shape index (κ1) is 18.8. The third kappa shape index (κ3) is 4.11. The monoisotopic (exact) mass is 351 g/mol. The maximum absolute atomic E-state index is 14.1. The van der Waals surface area contributed by atoms with Crippen LogP contribution < -0.4 is 10.7 Å². The lowest BCUT2D eigenvalue weighted by Crippen LogP contribution is -2.33. The molecule has 0 radical (unpaired) electrons. The molecule has 0 spiro atoms. The maximum Gasteiger partial charge on any atom is 0.257 e. The molecule has 0 fully saturated rings. The summed E-state index contributed by atoms with van der Waals surface area (Å²) in [5.41, 5.74) is 4.81. The molecule has 6 heteroatoms. The van der Waals surface area contributed by atoms with Crippen molar-refractivity contribution in [1.82, 2.24) is 10.4 Å². The topological polar surface area (TPSA) is 44.4 Å². The van der Waals surface area contributed by atoms with Crippen LogP contribution in [0.4, 0.5) is 10.1 Å². The van der Waals surface area contributed by atoms with E-state index in [1.54, 1.807) is 14.0 Å². The van der Waals surface area contributed by atoms with Crippen LogP contribution >= 0.6 is 11.8 Å². The molecule has 1 aliphatic heterocycles. The Bertz CT molecular complexity index is 634. The number of halogens is 1. The fourth-order valence-electron chi connectivity index (χ4n) is 2.73. The first-order chi connectivity index (χ1) is 11.3. The molecule has 24 heavy (non-hydrogen) atoms. The molecular formula is C18H26FN3OS. The largest absolute Gasteiger partial charge is 0.322 e. The number of para-hydroxylation sites is 1. The minimum Gasteiger partial charge on any atom is -0.322 e. The van der Waals surface area contributed by atoms with Gasteiger partial charge in [-0.05, 0) is 31.9 Å². The van der Waals surface area contributed by atoms with Gasteiger partial charge in [-0.2, -0.15) is 16.2 Å². The van der Waals surface area contributed by atoms with E-state index in [0.717, 1.165) is 17.7 Å². The minimum absolute atomic E-state index is 0.134. The van der Waals surface area contributed by atoms with Gasteiger partial charge in [0.15, 0.2) is 0 Å². The molecule has 2 N–H and O–H groups in total. The quantitative estimate of drug-likeness (QED) is 0.753. The lowest BCUT2D eigenvalue weighted by molar-refractivity contribution is -0.113. The number of rotatable bonds is 6. The van der Waals surface area contributed by atoms with E-state index < -0.39 is 11.9 Å². The van der Waals surface area contributed by atoms with Crippen molar-refractivity contribution >= 4 is 23.4 Å². The van der Waals surface area contributed by atoms with Gasteiger partial charge in [-0.15, -0.1) is 0 Å². The van der Waals surface area contributed by atoms with E-state index in [2.05, 4.69) is 31.5 Å². The zero-order valence-electron chi connectivity index (χ0n) is 14.9. The van der Waals surface area contributed by atoms with Gasteiger partial charge in [0.1, 0.15) is 0 Å². The molecular weight excluding hydrogens is 325 g/mol. The number of nitrogens with zero attached hydrogens (tertiary/aromatic N) is 1. The summed E-state index contributed by atoms with van der Waals surface area (Å²) in [6, 6.07) is 7.38. The Hall–Kier alpha value is -1.53. The van der Waals surface area contributed by atoms with Gasteiger partial charge in [-0.1, -0.05) is 32.0 Å². The van der Waals surface area contributed by atoms with Crippen LogP contribution in [0.15, 0.2) is 35.8 Å². The van der Waals surface area contributed by atoms with E-state index in [-0.39, 0.29) is 16.9 Å². The predicted octanol–water partition coefficient (Wildman–Crippen LogP) is 4.24. The number of benzene rings is 1. The van der Waals surface area contributed by atoms with Crippen LogP contribution in [0.25, 0.3) is 0 Å². The zero-order valence-corrected chi connectivity index (χ0v) is 15.7. The SMILES string of the molecule is CCC(C)SC(C)c1ccccc1NC(=O)C1=C(F)N(C)NC1C. The number of thioether (sulfide) groups is 1. The molecule has 1 aromatic carbocycles. The summed E-state index contributed by atoms with van der Waals surface area (Å²) < 4.78 is 14.1. The lowest BCUT2D eigenvalue weighted by Gasteiger charge is -2.20. The minimum atomic E-state index is -0.528. The molecule has 132 valence electrons. The van der Waals surface area contributed by atoms with Crippen molar-refractivity contribution in [1.29, 1.82) is 0 Å². The fourth-order valence-corrected chi connectivity index (χ4v) is 3.98. The number of anilines is 1. The number of carbonyl (C=O) groups is 1. The summed E-state index contributed by atoms with van der Waals surface area (Å²) in [4.78, 5) is 12.6. The Kier molecular flexibility index (Phi) is 6.29. The third-order valence-electron chi connectivity index (χ3n) is 4.24. The molecule has 3 atom stereocenters. The summed E-state index contributed by atoms with van der Waals surface area (Å²) in [6.45, 7) is 8.27. The molecule has 0 aliphatic carbocycles. The lowest BCUT2D eigenvalue weighted by atomic mass is 10.1. The van der Waals surface area contributed by atoms with Crippen molar-refractivity contribution in [3.63, 3.8) is 0 Å². The summed E-state index contributed by atoms with van der Waals surface area (Å²) >= 11 is 1.87. The van der Waals surface area contributed by atoms with E-state index in [0.29, 0.717) is 5.25 Å². The molecule has 2 rings (SSSR count). The molecule has 4 nitrogen and oxygen atoms in total. The molecule has 1 heterocycles. The van der Waals surface area contributed by atoms with Gasteiger partial charge in [0, 0.05) is 23.2 Å². The van der Waals surface area contributed by atoms with Gasteiger partial charge in [0.05, 0.1) is 11.6 Å². The first-order valence-electron chi connectivity index (χ1n) is 8.30. The molecule has 1 aliphatic rings. The number of amides is 1. The average Bonchev–Trinajstić information content (AvgIpc) is 2.80. The normalized spacial score (nSPS) is 20.2. The van der Waals surface area contributed by atoms with Gasteiger partial charge in [0.2, 0.25) is 5.95 Å². The van der Waals surface area contributed by atoms with Crippen molar-refractivity contribution in [2.24, 2.45) is 0 Å². The molecule has 3 unspecified atom stereocenters. The summed E-state index contributed by atoms with van der Waals surface area (Å²) in [6.07, 6.45) is 1.09. The molecule has 0 saturated carbocycles. The highest BCUT2D eigenvalue weighted by atomic mass is 32.2. The zero-order chi connectivity index (χ0) is 17.9. The average molecular weight is 351 g/mol. The third-order valence-corrected chi connectivity index (χ3v) is 5.70. The summed E-state index contributed by atoms with van der Waals surface area (Å²) in [7, 11) is 1.56. The highest BCUT2D eigenvalue weighted by molar-refractivity contribution is 8.00. The smallest absolute Gasteiger partial charge is 0.257 e. The van der Waals surface area contributed by atoms with E-state index in [1.807, 2.05) is 36.0 Å². The van der Waals surface area contributed by atoms with E-state index in [1.165, 1.54) is 5.01 Å². The Morgan fingerprint density at radius 1 is 1.42 bits per heavy atom. The van der Waals surface area contributed by atoms with Gasteiger partial charge in [-0.3, -0.25) is 9.80 Å². The summed E-state index contributed by atoms with van der Waals surface area (Å²) in [5.74, 6) is -0.926. The highest BCUT2D eigenvalue weighted by Crippen LogP contribution is 2.37. The van der Waals surface area contributed by atoms with Crippen LogP contribution in [-0.4, -0.2) is 29.3 Å². The second kappa shape index (κ2) is 8.03. The van der Waals surface area contributed by atoms with Crippen LogP contribution in [0.5, 0.6) is 0 Å². The summed E-state index contributed by atoms with van der Waals surface area (Å²) in [5, 5.41) is 4.92. The Labute approximate surface area is 147 Å². The number of carbonyl (C=O) groups excluding carboxylic acids is 1. The second-order valence-corrected chi connectivity index (χ2v) is 7.94. The van der Waals surface area contributed by atoms with Crippen LogP contribution in [0.1, 0.15) is 44.9 Å². The maximum atomic E-state index is 14.1. The number of nitrogens with one attached hydrogen (secondary N) is 2. The van der Waals surface area contributed by atoms with Gasteiger partial charge in [0.25, 0.3) is 5.91 Å². The van der Waals surface area contributed by atoms with Crippen molar-refractivity contribution in [2.75, 3.05) is 12.4 Å². The fraction of sp³-hybridized carbons (Fsp3) is 0.500. The Balaban J connectivity index is 2.20. The van der Waals surface area contributed by atoms with E-state index in [4.69, 9.17) is 0 Å². The first-order valence-corrected chi connectivity index (χ1v) is 9.24. The van der Waals surface area contributed by atoms with Crippen LogP contribution in [-0.2, 0) is 4.79 Å². The molecule has 0 bridgehead atoms. The molecule has 1 amide bonds. The Morgan fingerprint density at radius 3 is 2.67 bits per heavy atom. The van der Waals surface area contributed by atoms with Gasteiger partial charge in [-0.25, -0.2) is 5.43 Å². The van der Waals surface area contributed by atoms with Gasteiger partial charge >= 0.3 is 0 Å². The standard InChI is InChI=1S/C18H26FN3OS/c1-6-11(2)24-13(4)14-9-7-8-10-15(14)20-18(23)16-12(3)21-22(5)17(16)19/h7-13,21H,6H2,1-5H3,(H,20,23). The van der Waals surface area contributed by atoms with Crippen molar-refractivity contribution in [2.45, 2.75) is 50.7 Å². The van der Waals surface area contributed by atoms with Crippen molar-refractivity contribution < 1.29 is 9.18 Å². The second-order valence-electron chi connectivity index (χ2n) is 6.15. The van der Waals surface area contributed by atoms with Crippen LogP contribution in [0.2, 0.25) is 0 Å². The Morgan fingerprint density at radius 2 is 2.08 bits per heavy atom. The van der Waals surface area contributed by atoms with E-state index >= 15 is 0 Å². The number of hydrogen-bond donors (Lipinski definition) is 2. The predicted molar refractivity (Wildman–Crippen MR) is 99.3 cm³/mol. The number of hydrazine groups is 1. The van der Waals surface area contributed by atoms with E-state index in [9.17, 15) is 9.18 Å². The number of hydrogen-bond acceptors (Lipinski definition) is 4. The van der Waals surface area contributed by atoms with Crippen LogP contribution in [0.3, 0.4) is 0 Å². The molecule has 0 aromatic heterocycles. The van der Waals surface area contributed by atoms with Crippen molar-refractivity contribution in [3.05, 3.63) is 41.4 Å².